The number of sulfonamides is 1. The third kappa shape index (κ3) is 4.88. The summed E-state index contributed by atoms with van der Waals surface area (Å²) >= 11 is 0. The van der Waals surface area contributed by atoms with E-state index in [1.54, 1.807) is 28.8 Å². The average Bonchev–Trinajstić information content (AvgIpc) is 3.33. The number of nitrogens with one attached hydrogen (secondary N) is 2. The molecule has 2 N–H and O–H groups in total. The molecule has 3 atom stereocenters. The molecule has 2 bridgehead atoms. The highest BCUT2D eigenvalue weighted by Crippen LogP contribution is 2.53. The van der Waals surface area contributed by atoms with Crippen molar-refractivity contribution < 1.29 is 22.5 Å². The molecule has 2 aromatic rings. The number of quaternary nitrogens is 1. The molecular weight excluding hydrogens is 438 g/mol. The van der Waals surface area contributed by atoms with E-state index in [0.717, 1.165) is 29.9 Å². The lowest BCUT2D eigenvalue weighted by Gasteiger charge is -2.39. The summed E-state index contributed by atoms with van der Waals surface area (Å²) in [6.45, 7) is 7.57. The van der Waals surface area contributed by atoms with Gasteiger partial charge in [0.1, 0.15) is 0 Å². The Morgan fingerprint density at radius 1 is 1.21 bits per heavy atom. The van der Waals surface area contributed by atoms with Crippen molar-refractivity contribution in [3.05, 3.63) is 54.0 Å². The Bertz CT molecular complexity index is 1110. The number of fused-ring (bicyclic) bond motifs is 2. The number of hydrogen-bond donors (Lipinski definition) is 2. The zero-order valence-electron chi connectivity index (χ0n) is 20.2. The highest BCUT2D eigenvalue weighted by atomic mass is 32.2. The van der Waals surface area contributed by atoms with E-state index in [1.165, 1.54) is 6.07 Å². The predicted octanol–water partition coefficient (Wildman–Crippen LogP) is 2.48. The molecule has 1 aliphatic heterocycles. The van der Waals surface area contributed by atoms with Gasteiger partial charge in [0.2, 0.25) is 10.0 Å². The lowest BCUT2D eigenvalue weighted by Crippen LogP contribution is -3.07. The van der Waals surface area contributed by atoms with Crippen LogP contribution in [-0.2, 0) is 10.0 Å². The van der Waals surface area contributed by atoms with Gasteiger partial charge in [0.05, 0.1) is 31.8 Å². The smallest absolute Gasteiger partial charge is 0.251 e. The van der Waals surface area contributed by atoms with E-state index >= 15 is 0 Å². The second kappa shape index (κ2) is 8.56. The Morgan fingerprint density at radius 3 is 2.64 bits per heavy atom. The van der Waals surface area contributed by atoms with Gasteiger partial charge in [-0.05, 0) is 60.4 Å². The molecule has 8 heteroatoms. The van der Waals surface area contributed by atoms with Gasteiger partial charge in [0.15, 0.2) is 11.8 Å². The first-order valence-electron chi connectivity index (χ1n) is 11.6. The molecule has 0 radical (unpaired) electrons. The number of hydrogen-bond acceptors (Lipinski definition) is 4. The van der Waals surface area contributed by atoms with Crippen molar-refractivity contribution in [2.75, 3.05) is 27.2 Å². The lowest BCUT2D eigenvalue weighted by molar-refractivity contribution is -0.891. The first-order chi connectivity index (χ1) is 15.4. The maximum absolute atomic E-state index is 13.6. The van der Waals surface area contributed by atoms with Gasteiger partial charge >= 0.3 is 0 Å². The predicted molar refractivity (Wildman–Crippen MR) is 126 cm³/mol. The van der Waals surface area contributed by atoms with Crippen molar-refractivity contribution in [1.29, 1.82) is 0 Å². The van der Waals surface area contributed by atoms with Crippen LogP contribution in [0.4, 0.5) is 0 Å². The van der Waals surface area contributed by atoms with Crippen LogP contribution >= 0.6 is 0 Å². The first kappa shape index (κ1) is 24.0. The fourth-order valence-corrected chi connectivity index (χ4v) is 7.82. The van der Waals surface area contributed by atoms with E-state index in [0.29, 0.717) is 18.7 Å². The molecule has 33 heavy (non-hydrogen) atoms. The molecule has 1 aromatic carbocycles. The number of likely N-dealkylation sites (N-methyl/N-ethyl adjacent to an activating group) is 1. The molecule has 2 heterocycles. The highest BCUT2D eigenvalue weighted by molar-refractivity contribution is 7.89. The normalized spacial score (nSPS) is 25.8. The van der Waals surface area contributed by atoms with Crippen LogP contribution in [-0.4, -0.2) is 51.9 Å². The second-order valence-corrected chi connectivity index (χ2v) is 13.0. The Kier molecular flexibility index (Phi) is 6.22. The molecule has 2 fully saturated rings. The summed E-state index contributed by atoms with van der Waals surface area (Å²) in [6, 6.07) is 10.1. The summed E-state index contributed by atoms with van der Waals surface area (Å²) in [7, 11) is 0.318. The minimum atomic E-state index is -3.68. The number of benzene rings is 1. The molecule has 0 unspecified atom stereocenters. The van der Waals surface area contributed by atoms with Crippen molar-refractivity contribution in [2.45, 2.75) is 57.0 Å². The molecule has 4 rings (SSSR count). The second-order valence-electron chi connectivity index (χ2n) is 11.1. The zero-order chi connectivity index (χ0) is 24.0. The van der Waals surface area contributed by atoms with Gasteiger partial charge in [0, 0.05) is 18.2 Å². The number of amides is 1. The monoisotopic (exact) mass is 474 g/mol. The van der Waals surface area contributed by atoms with E-state index in [9.17, 15) is 13.2 Å². The molecule has 1 saturated heterocycles. The SMILES string of the molecule is C[NH+](C)[C@@H](CNC(=O)c1cccc(S(=O)(=O)N2C[C@]3(C)C[C@H]2CC(C)(C)C3)c1)c1ccco1. The van der Waals surface area contributed by atoms with Gasteiger partial charge in [-0.1, -0.05) is 26.8 Å². The Morgan fingerprint density at radius 2 is 1.97 bits per heavy atom. The van der Waals surface area contributed by atoms with Crippen molar-refractivity contribution in [1.82, 2.24) is 9.62 Å². The molecule has 0 spiro atoms. The number of furan rings is 1. The molecule has 1 amide bonds. The van der Waals surface area contributed by atoms with E-state index < -0.39 is 10.0 Å². The molecule has 2 aliphatic rings. The summed E-state index contributed by atoms with van der Waals surface area (Å²) < 4.78 is 34.4. The van der Waals surface area contributed by atoms with E-state index in [4.69, 9.17) is 4.42 Å². The maximum Gasteiger partial charge on any atom is 0.251 e. The van der Waals surface area contributed by atoms with Crippen LogP contribution in [0.3, 0.4) is 0 Å². The summed E-state index contributed by atoms with van der Waals surface area (Å²) in [5.41, 5.74) is 0.476. The largest absolute Gasteiger partial charge is 0.463 e. The van der Waals surface area contributed by atoms with Gasteiger partial charge in [-0.25, -0.2) is 8.42 Å². The van der Waals surface area contributed by atoms with Gasteiger partial charge in [-0.3, -0.25) is 4.79 Å². The zero-order valence-corrected chi connectivity index (χ0v) is 21.0. The van der Waals surface area contributed by atoms with Crippen molar-refractivity contribution in [2.24, 2.45) is 10.8 Å². The minimum Gasteiger partial charge on any atom is -0.463 e. The molecule has 1 saturated carbocycles. The summed E-state index contributed by atoms with van der Waals surface area (Å²) in [5, 5.41) is 2.94. The molecule has 7 nitrogen and oxygen atoms in total. The van der Waals surface area contributed by atoms with E-state index in [2.05, 4.69) is 26.1 Å². The van der Waals surface area contributed by atoms with Crippen molar-refractivity contribution in [3.8, 4) is 0 Å². The summed E-state index contributed by atoms with van der Waals surface area (Å²) in [6.07, 6.45) is 4.41. The van der Waals surface area contributed by atoms with Crippen LogP contribution in [0.25, 0.3) is 0 Å². The Labute approximate surface area is 197 Å². The fourth-order valence-electron chi connectivity index (χ4n) is 6.00. The van der Waals surface area contributed by atoms with Gasteiger partial charge in [-0.2, -0.15) is 4.31 Å². The number of carbonyl (C=O) groups is 1. The molecule has 180 valence electrons. The topological polar surface area (TPSA) is 84.1 Å². The van der Waals surface area contributed by atoms with Crippen LogP contribution in [0.1, 0.15) is 62.2 Å². The van der Waals surface area contributed by atoms with Crippen LogP contribution in [0.15, 0.2) is 52.0 Å². The molecule has 1 aromatic heterocycles. The van der Waals surface area contributed by atoms with Crippen LogP contribution in [0.5, 0.6) is 0 Å². The van der Waals surface area contributed by atoms with Gasteiger partial charge in [0.25, 0.3) is 5.91 Å². The number of rotatable bonds is 7. The first-order valence-corrected chi connectivity index (χ1v) is 13.1. The third-order valence-corrected chi connectivity index (χ3v) is 9.01. The van der Waals surface area contributed by atoms with Crippen LogP contribution < -0.4 is 10.2 Å². The standard InChI is InChI=1S/C25H35N3O4S/c1-24(2)13-19-14-25(3,16-24)17-28(19)33(30,31)20-9-6-8-18(12-20)23(29)26-15-21(27(4)5)22-10-7-11-32-22/h6-12,19,21H,13-17H2,1-5H3,(H,26,29)/p+1/t19-,21+,25-/m1/s1. The summed E-state index contributed by atoms with van der Waals surface area (Å²) in [4.78, 5) is 14.2. The van der Waals surface area contributed by atoms with Gasteiger partial charge < -0.3 is 14.6 Å². The van der Waals surface area contributed by atoms with E-state index in [1.807, 2.05) is 26.2 Å². The Balaban J connectivity index is 1.51. The lowest BCUT2D eigenvalue weighted by atomic mass is 9.65. The minimum absolute atomic E-state index is 0.00382. The molecule has 1 aliphatic carbocycles. The van der Waals surface area contributed by atoms with Crippen molar-refractivity contribution >= 4 is 15.9 Å². The number of nitrogens with zero attached hydrogens (tertiary/aromatic N) is 1. The molecular formula is C25H36N3O4S+. The quantitative estimate of drug-likeness (QED) is 0.646. The van der Waals surface area contributed by atoms with Gasteiger partial charge in [-0.15, -0.1) is 0 Å². The maximum atomic E-state index is 13.6. The van der Waals surface area contributed by atoms with E-state index in [-0.39, 0.29) is 33.7 Å². The highest BCUT2D eigenvalue weighted by Gasteiger charge is 2.53. The average molecular weight is 475 g/mol. The van der Waals surface area contributed by atoms with Crippen LogP contribution in [0.2, 0.25) is 0 Å². The Hall–Kier alpha value is -2.16. The number of carbonyl (C=O) groups excluding carboxylic acids is 1. The third-order valence-electron chi connectivity index (χ3n) is 7.12. The van der Waals surface area contributed by atoms with Crippen LogP contribution in [0, 0.1) is 10.8 Å². The fraction of sp³-hybridized carbons (Fsp3) is 0.560. The summed E-state index contributed by atoms with van der Waals surface area (Å²) in [5.74, 6) is 0.501. The van der Waals surface area contributed by atoms with Crippen molar-refractivity contribution in [3.63, 3.8) is 0 Å².